The number of hydrogen-bond donors (Lipinski definition) is 0. The van der Waals surface area contributed by atoms with Gasteiger partial charge in [0.05, 0.1) is 12.4 Å². The van der Waals surface area contributed by atoms with E-state index in [9.17, 15) is 0 Å². The Morgan fingerprint density at radius 3 is 2.46 bits per heavy atom. The van der Waals surface area contributed by atoms with E-state index in [0.717, 1.165) is 25.2 Å². The third-order valence-electron chi connectivity index (χ3n) is 2.14. The van der Waals surface area contributed by atoms with E-state index in [1.807, 2.05) is 0 Å². The highest BCUT2D eigenvalue weighted by atomic mass is 16.5. The van der Waals surface area contributed by atoms with Crippen molar-refractivity contribution in [3.63, 3.8) is 0 Å². The van der Waals surface area contributed by atoms with Crippen LogP contribution < -0.4 is 0 Å². The highest BCUT2D eigenvalue weighted by Gasteiger charge is 2.04. The Labute approximate surface area is 82.5 Å². The molecule has 0 saturated carbocycles. The first-order chi connectivity index (χ1) is 5.86. The maximum Gasteiger partial charge on any atom is 0.0962 e. The number of allylic oxidation sites excluding steroid dienone is 4. The summed E-state index contributed by atoms with van der Waals surface area (Å²) in [5.41, 5.74) is 1.54. The monoisotopic (exact) mass is 182 g/mol. The van der Waals surface area contributed by atoms with Crippen LogP contribution in [0.4, 0.5) is 0 Å². The van der Waals surface area contributed by atoms with Gasteiger partial charge in [-0.3, -0.25) is 0 Å². The molecule has 0 N–H and O–H groups in total. The quantitative estimate of drug-likeness (QED) is 0.637. The van der Waals surface area contributed by atoms with E-state index >= 15 is 0 Å². The molecule has 0 bridgehead atoms. The van der Waals surface area contributed by atoms with Gasteiger partial charge in [0.25, 0.3) is 0 Å². The van der Waals surface area contributed by atoms with E-state index in [1.165, 1.54) is 12.8 Å². The summed E-state index contributed by atoms with van der Waals surface area (Å²) in [6.07, 6.45) is 8.89. The summed E-state index contributed by atoms with van der Waals surface area (Å²) < 4.78 is 5.54. The summed E-state index contributed by atoms with van der Waals surface area (Å²) >= 11 is 0. The highest BCUT2D eigenvalue weighted by Crippen LogP contribution is 2.20. The molecule has 0 radical (unpaired) electrons. The third-order valence-corrected chi connectivity index (χ3v) is 2.14. The molecule has 0 saturated heterocycles. The van der Waals surface area contributed by atoms with Gasteiger partial charge in [0, 0.05) is 6.42 Å². The zero-order chi connectivity index (χ0) is 8.81. The van der Waals surface area contributed by atoms with Crippen LogP contribution in [-0.4, -0.2) is 6.61 Å². The van der Waals surface area contributed by atoms with Gasteiger partial charge in [-0.25, -0.2) is 0 Å². The standard InChI is InChI=1S/C11H18O.CH4/c1-3-9-12-11-7-5-10(4-2)6-8-11;/h5,7H,3-4,6,8-9H2,1-2H3;1H4. The van der Waals surface area contributed by atoms with Gasteiger partial charge in [-0.1, -0.05) is 32.9 Å². The second-order valence-electron chi connectivity index (χ2n) is 3.16. The molecule has 13 heavy (non-hydrogen) atoms. The van der Waals surface area contributed by atoms with Crippen LogP contribution in [-0.2, 0) is 4.74 Å². The van der Waals surface area contributed by atoms with Crippen molar-refractivity contribution in [2.24, 2.45) is 0 Å². The van der Waals surface area contributed by atoms with Crippen molar-refractivity contribution in [2.75, 3.05) is 6.61 Å². The molecule has 0 fully saturated rings. The minimum Gasteiger partial charge on any atom is -0.498 e. The minimum absolute atomic E-state index is 0. The Bertz CT molecular complexity index is 189. The molecule has 1 heteroatoms. The smallest absolute Gasteiger partial charge is 0.0962 e. The molecule has 0 amide bonds. The predicted molar refractivity (Wildman–Crippen MR) is 58.7 cm³/mol. The van der Waals surface area contributed by atoms with Gasteiger partial charge >= 0.3 is 0 Å². The van der Waals surface area contributed by atoms with Gasteiger partial charge < -0.3 is 4.74 Å². The fourth-order valence-electron chi connectivity index (χ4n) is 1.31. The van der Waals surface area contributed by atoms with E-state index in [2.05, 4.69) is 26.0 Å². The molecule has 0 unspecified atom stereocenters. The second kappa shape index (κ2) is 6.76. The largest absolute Gasteiger partial charge is 0.498 e. The zero-order valence-electron chi connectivity index (χ0n) is 8.10. The summed E-state index contributed by atoms with van der Waals surface area (Å²) in [7, 11) is 0. The lowest BCUT2D eigenvalue weighted by Crippen LogP contribution is -1.98. The van der Waals surface area contributed by atoms with E-state index in [4.69, 9.17) is 4.74 Å². The Hall–Kier alpha value is -0.720. The van der Waals surface area contributed by atoms with Gasteiger partial charge in [-0.05, 0) is 25.3 Å². The van der Waals surface area contributed by atoms with Gasteiger partial charge in [0.2, 0.25) is 0 Å². The maximum absolute atomic E-state index is 5.54. The van der Waals surface area contributed by atoms with Gasteiger partial charge in [-0.2, -0.15) is 0 Å². The molecule has 1 aliphatic rings. The first-order valence-electron chi connectivity index (χ1n) is 4.88. The molecule has 0 aromatic rings. The molecule has 0 spiro atoms. The molecular weight excluding hydrogens is 160 g/mol. The SMILES string of the molecule is C.CCCOC1=CC=C(CC)CC1. The van der Waals surface area contributed by atoms with Gasteiger partial charge in [-0.15, -0.1) is 0 Å². The Balaban J connectivity index is 0.00000144. The van der Waals surface area contributed by atoms with Crippen LogP contribution in [0.15, 0.2) is 23.5 Å². The first-order valence-corrected chi connectivity index (χ1v) is 4.88. The van der Waals surface area contributed by atoms with Crippen molar-refractivity contribution in [1.29, 1.82) is 0 Å². The average molecular weight is 182 g/mol. The summed E-state index contributed by atoms with van der Waals surface area (Å²) in [4.78, 5) is 0. The van der Waals surface area contributed by atoms with Crippen LogP contribution >= 0.6 is 0 Å². The molecule has 0 heterocycles. The number of ether oxygens (including phenoxy) is 1. The molecule has 0 aromatic heterocycles. The summed E-state index contributed by atoms with van der Waals surface area (Å²) in [5.74, 6) is 1.16. The maximum atomic E-state index is 5.54. The minimum atomic E-state index is 0. The van der Waals surface area contributed by atoms with E-state index in [1.54, 1.807) is 5.57 Å². The highest BCUT2D eigenvalue weighted by molar-refractivity contribution is 5.20. The van der Waals surface area contributed by atoms with Crippen LogP contribution in [0.3, 0.4) is 0 Å². The van der Waals surface area contributed by atoms with Gasteiger partial charge in [0.15, 0.2) is 0 Å². The van der Waals surface area contributed by atoms with Crippen LogP contribution in [0, 0.1) is 0 Å². The molecule has 1 rings (SSSR count). The van der Waals surface area contributed by atoms with Crippen molar-refractivity contribution < 1.29 is 4.74 Å². The Morgan fingerprint density at radius 2 is 2.00 bits per heavy atom. The Kier molecular flexibility index (Phi) is 6.38. The lowest BCUT2D eigenvalue weighted by atomic mass is 10.0. The molecule has 0 aliphatic heterocycles. The predicted octanol–water partition coefficient (Wildman–Crippen LogP) is 4.06. The Morgan fingerprint density at radius 1 is 1.23 bits per heavy atom. The summed E-state index contributed by atoms with van der Waals surface area (Å²) in [6, 6.07) is 0. The van der Waals surface area contributed by atoms with E-state index < -0.39 is 0 Å². The van der Waals surface area contributed by atoms with Crippen molar-refractivity contribution in [1.82, 2.24) is 0 Å². The first kappa shape index (κ1) is 12.3. The summed E-state index contributed by atoms with van der Waals surface area (Å²) in [6.45, 7) is 5.20. The zero-order valence-corrected chi connectivity index (χ0v) is 8.10. The summed E-state index contributed by atoms with van der Waals surface area (Å²) in [5, 5.41) is 0. The lowest BCUT2D eigenvalue weighted by Gasteiger charge is -2.14. The lowest BCUT2D eigenvalue weighted by molar-refractivity contribution is 0.201. The normalized spacial score (nSPS) is 15.5. The molecule has 1 nitrogen and oxygen atoms in total. The van der Waals surface area contributed by atoms with Crippen LogP contribution in [0.5, 0.6) is 0 Å². The van der Waals surface area contributed by atoms with Crippen LogP contribution in [0.25, 0.3) is 0 Å². The fourth-order valence-corrected chi connectivity index (χ4v) is 1.31. The van der Waals surface area contributed by atoms with Crippen molar-refractivity contribution in [2.45, 2.75) is 47.0 Å². The van der Waals surface area contributed by atoms with Gasteiger partial charge in [0.1, 0.15) is 0 Å². The molecule has 0 atom stereocenters. The topological polar surface area (TPSA) is 9.23 Å². The number of hydrogen-bond acceptors (Lipinski definition) is 1. The second-order valence-corrected chi connectivity index (χ2v) is 3.16. The fraction of sp³-hybridized carbons (Fsp3) is 0.667. The molecule has 1 aliphatic carbocycles. The van der Waals surface area contributed by atoms with Crippen LogP contribution in [0.2, 0.25) is 0 Å². The molecular formula is C12H22O. The van der Waals surface area contributed by atoms with Crippen molar-refractivity contribution in [3.8, 4) is 0 Å². The van der Waals surface area contributed by atoms with E-state index in [-0.39, 0.29) is 7.43 Å². The van der Waals surface area contributed by atoms with Crippen LogP contribution in [0.1, 0.15) is 47.0 Å². The molecule has 0 aromatic carbocycles. The number of rotatable bonds is 4. The van der Waals surface area contributed by atoms with Crippen molar-refractivity contribution in [3.05, 3.63) is 23.5 Å². The third kappa shape index (κ3) is 4.16. The average Bonchev–Trinajstić information content (AvgIpc) is 2.15. The van der Waals surface area contributed by atoms with Crippen molar-refractivity contribution >= 4 is 0 Å². The molecule has 76 valence electrons. The van der Waals surface area contributed by atoms with E-state index in [0.29, 0.717) is 0 Å².